The largest absolute Gasteiger partial charge is 0.383 e. The second-order valence-corrected chi connectivity index (χ2v) is 2.97. The number of nitrogens with zero attached hydrogens (tertiary/aromatic N) is 2. The molecule has 0 atom stereocenters. The second kappa shape index (κ2) is 4.13. The van der Waals surface area contributed by atoms with Gasteiger partial charge in [0.05, 0.1) is 5.52 Å². The summed E-state index contributed by atoms with van der Waals surface area (Å²) in [5.41, 5.74) is 8.05. The number of nitrogen functional groups attached to an aromatic ring is 1. The SMILES string of the molecule is CC.Cc1cc2c(N)nccc2n1C. The van der Waals surface area contributed by atoms with Crippen molar-refractivity contribution < 1.29 is 0 Å². The number of pyridine rings is 1. The van der Waals surface area contributed by atoms with E-state index in [1.54, 1.807) is 6.20 Å². The van der Waals surface area contributed by atoms with Crippen LogP contribution in [0.3, 0.4) is 0 Å². The summed E-state index contributed by atoms with van der Waals surface area (Å²) >= 11 is 0. The van der Waals surface area contributed by atoms with Crippen LogP contribution in [-0.4, -0.2) is 9.55 Å². The zero-order valence-electron chi connectivity index (χ0n) is 9.20. The molecule has 2 rings (SSSR count). The highest BCUT2D eigenvalue weighted by Gasteiger charge is 2.04. The van der Waals surface area contributed by atoms with Gasteiger partial charge in [0.2, 0.25) is 0 Å². The van der Waals surface area contributed by atoms with Crippen LogP contribution in [0.1, 0.15) is 19.5 Å². The van der Waals surface area contributed by atoms with Crippen LogP contribution in [0.15, 0.2) is 18.3 Å². The predicted octanol–water partition coefficient (Wildman–Crippen LogP) is 2.49. The normalized spacial score (nSPS) is 9.71. The monoisotopic (exact) mass is 191 g/mol. The highest BCUT2D eigenvalue weighted by Crippen LogP contribution is 2.21. The first-order chi connectivity index (χ1) is 6.70. The lowest BCUT2D eigenvalue weighted by Gasteiger charge is -1.98. The number of rotatable bonds is 0. The number of hydrogen-bond donors (Lipinski definition) is 1. The molecular formula is C11H17N3. The number of fused-ring (bicyclic) bond motifs is 1. The van der Waals surface area contributed by atoms with Crippen LogP contribution in [0.2, 0.25) is 0 Å². The van der Waals surface area contributed by atoms with Crippen molar-refractivity contribution in [3.05, 3.63) is 24.0 Å². The quantitative estimate of drug-likeness (QED) is 0.695. The van der Waals surface area contributed by atoms with Crippen molar-refractivity contribution in [2.24, 2.45) is 7.05 Å². The summed E-state index contributed by atoms with van der Waals surface area (Å²) in [7, 11) is 2.02. The van der Waals surface area contributed by atoms with E-state index in [0.717, 1.165) is 10.9 Å². The molecule has 0 aliphatic rings. The molecule has 2 heterocycles. The minimum Gasteiger partial charge on any atom is -0.383 e. The third kappa shape index (κ3) is 1.58. The molecule has 0 saturated heterocycles. The molecule has 0 radical (unpaired) electrons. The van der Waals surface area contributed by atoms with Crippen molar-refractivity contribution in [3.63, 3.8) is 0 Å². The molecule has 0 fully saturated rings. The van der Waals surface area contributed by atoms with Crippen molar-refractivity contribution >= 4 is 16.7 Å². The Morgan fingerprint density at radius 2 is 2.00 bits per heavy atom. The maximum absolute atomic E-state index is 5.71. The molecule has 0 aliphatic heterocycles. The van der Waals surface area contributed by atoms with Gasteiger partial charge in [0, 0.05) is 24.3 Å². The first-order valence-corrected chi connectivity index (χ1v) is 4.86. The van der Waals surface area contributed by atoms with Gasteiger partial charge in [0.1, 0.15) is 5.82 Å². The lowest BCUT2D eigenvalue weighted by molar-refractivity contribution is 0.917. The summed E-state index contributed by atoms with van der Waals surface area (Å²) in [6.07, 6.45) is 1.73. The molecule has 0 saturated carbocycles. The summed E-state index contributed by atoms with van der Waals surface area (Å²) in [6.45, 7) is 6.06. The van der Waals surface area contributed by atoms with E-state index in [4.69, 9.17) is 5.73 Å². The Morgan fingerprint density at radius 1 is 1.36 bits per heavy atom. The van der Waals surface area contributed by atoms with Gasteiger partial charge >= 0.3 is 0 Å². The Hall–Kier alpha value is -1.51. The molecule has 0 spiro atoms. The Bertz CT molecular complexity index is 429. The summed E-state index contributed by atoms with van der Waals surface area (Å²) in [6, 6.07) is 4.02. The van der Waals surface area contributed by atoms with E-state index < -0.39 is 0 Å². The van der Waals surface area contributed by atoms with Crippen molar-refractivity contribution in [2.75, 3.05) is 5.73 Å². The number of nitrogens with two attached hydrogens (primary N) is 1. The minimum absolute atomic E-state index is 0.608. The lowest BCUT2D eigenvalue weighted by atomic mass is 10.3. The maximum Gasteiger partial charge on any atom is 0.132 e. The number of aromatic nitrogens is 2. The Labute approximate surface area is 84.6 Å². The summed E-state index contributed by atoms with van der Waals surface area (Å²) < 4.78 is 2.10. The van der Waals surface area contributed by atoms with Crippen LogP contribution < -0.4 is 5.73 Å². The van der Waals surface area contributed by atoms with Gasteiger partial charge < -0.3 is 10.3 Å². The third-order valence-electron chi connectivity index (χ3n) is 2.24. The van der Waals surface area contributed by atoms with Crippen LogP contribution >= 0.6 is 0 Å². The average molecular weight is 191 g/mol. The van der Waals surface area contributed by atoms with E-state index >= 15 is 0 Å². The van der Waals surface area contributed by atoms with Gasteiger partial charge in [-0.15, -0.1) is 0 Å². The van der Waals surface area contributed by atoms with E-state index in [-0.39, 0.29) is 0 Å². The van der Waals surface area contributed by atoms with Crippen molar-refractivity contribution in [1.82, 2.24) is 9.55 Å². The van der Waals surface area contributed by atoms with Crippen molar-refractivity contribution in [2.45, 2.75) is 20.8 Å². The highest BCUT2D eigenvalue weighted by atomic mass is 15.0. The Morgan fingerprint density at radius 3 is 2.57 bits per heavy atom. The number of anilines is 1. The summed E-state index contributed by atoms with van der Waals surface area (Å²) in [4.78, 5) is 4.03. The van der Waals surface area contributed by atoms with E-state index in [9.17, 15) is 0 Å². The lowest BCUT2D eigenvalue weighted by Crippen LogP contribution is -1.92. The maximum atomic E-state index is 5.71. The molecule has 2 aromatic heterocycles. The van der Waals surface area contributed by atoms with Gasteiger partial charge in [-0.05, 0) is 19.1 Å². The predicted molar refractivity (Wildman–Crippen MR) is 61.2 cm³/mol. The molecule has 3 heteroatoms. The van der Waals surface area contributed by atoms with Gasteiger partial charge in [-0.1, -0.05) is 13.8 Å². The van der Waals surface area contributed by atoms with Gasteiger partial charge in [0.15, 0.2) is 0 Å². The van der Waals surface area contributed by atoms with E-state index in [2.05, 4.69) is 22.5 Å². The van der Waals surface area contributed by atoms with Crippen molar-refractivity contribution in [1.29, 1.82) is 0 Å². The van der Waals surface area contributed by atoms with Crippen LogP contribution in [0.25, 0.3) is 10.9 Å². The minimum atomic E-state index is 0.608. The molecule has 0 bridgehead atoms. The fourth-order valence-corrected chi connectivity index (χ4v) is 1.41. The van der Waals surface area contributed by atoms with Crippen molar-refractivity contribution in [3.8, 4) is 0 Å². The standard InChI is InChI=1S/C9H11N3.C2H6/c1-6-5-7-8(12(6)2)3-4-11-9(7)10;1-2/h3-5H,1-2H3,(H2,10,11);1-2H3. The molecule has 0 amide bonds. The van der Waals surface area contributed by atoms with E-state index in [1.807, 2.05) is 27.0 Å². The third-order valence-corrected chi connectivity index (χ3v) is 2.24. The fourth-order valence-electron chi connectivity index (χ4n) is 1.41. The topological polar surface area (TPSA) is 43.8 Å². The average Bonchev–Trinajstić information content (AvgIpc) is 2.50. The number of hydrogen-bond acceptors (Lipinski definition) is 2. The highest BCUT2D eigenvalue weighted by molar-refractivity contribution is 5.89. The zero-order valence-corrected chi connectivity index (χ0v) is 9.20. The fraction of sp³-hybridized carbons (Fsp3) is 0.364. The van der Waals surface area contributed by atoms with E-state index in [1.165, 1.54) is 5.69 Å². The van der Waals surface area contributed by atoms with Crippen LogP contribution in [0.4, 0.5) is 5.82 Å². The summed E-state index contributed by atoms with van der Waals surface area (Å²) in [5.74, 6) is 0.608. The Kier molecular flexibility index (Phi) is 3.12. The van der Waals surface area contributed by atoms with Crippen LogP contribution in [0, 0.1) is 6.92 Å². The molecule has 0 unspecified atom stereocenters. The molecule has 76 valence electrons. The first kappa shape index (κ1) is 10.6. The smallest absolute Gasteiger partial charge is 0.132 e. The molecule has 2 N–H and O–H groups in total. The van der Waals surface area contributed by atoms with Gasteiger partial charge in [-0.25, -0.2) is 4.98 Å². The first-order valence-electron chi connectivity index (χ1n) is 4.86. The van der Waals surface area contributed by atoms with Gasteiger partial charge in [-0.2, -0.15) is 0 Å². The van der Waals surface area contributed by atoms with Crippen LogP contribution in [-0.2, 0) is 7.05 Å². The molecule has 14 heavy (non-hydrogen) atoms. The van der Waals surface area contributed by atoms with Crippen LogP contribution in [0.5, 0.6) is 0 Å². The zero-order chi connectivity index (χ0) is 10.7. The molecule has 2 aromatic rings. The number of aryl methyl sites for hydroxylation is 2. The Balaban J connectivity index is 0.000000461. The van der Waals surface area contributed by atoms with E-state index in [0.29, 0.717) is 5.82 Å². The molecular weight excluding hydrogens is 174 g/mol. The second-order valence-electron chi connectivity index (χ2n) is 2.97. The van der Waals surface area contributed by atoms with Gasteiger partial charge in [-0.3, -0.25) is 0 Å². The molecule has 0 aliphatic carbocycles. The summed E-state index contributed by atoms with van der Waals surface area (Å²) in [5, 5.41) is 1.04. The van der Waals surface area contributed by atoms with Gasteiger partial charge in [0.25, 0.3) is 0 Å². The molecule has 3 nitrogen and oxygen atoms in total. The molecule has 0 aromatic carbocycles.